The largest absolute Gasteiger partial charge is 0.465 e. The van der Waals surface area contributed by atoms with Gasteiger partial charge in [0.2, 0.25) is 5.78 Å². The summed E-state index contributed by atoms with van der Waals surface area (Å²) < 4.78 is 12.2. The number of ketones is 1. The van der Waals surface area contributed by atoms with E-state index in [0.29, 0.717) is 16.8 Å². The van der Waals surface area contributed by atoms with E-state index in [1.807, 2.05) is 24.3 Å². The van der Waals surface area contributed by atoms with Crippen LogP contribution in [0.3, 0.4) is 0 Å². The highest BCUT2D eigenvalue weighted by molar-refractivity contribution is 9.10. The number of hydrogen-bond donors (Lipinski definition) is 0. The van der Waals surface area contributed by atoms with Crippen LogP contribution in [0.4, 0.5) is 0 Å². The third-order valence-corrected chi connectivity index (χ3v) is 5.53. The SMILES string of the molecule is COC(=O)c1c(C(=O)OC)c2cc(-c3ccc(Br)cc3)ncn2c1C(=O)c1ccccc1. The van der Waals surface area contributed by atoms with Crippen LogP contribution in [-0.4, -0.2) is 41.3 Å². The summed E-state index contributed by atoms with van der Waals surface area (Å²) in [6, 6.07) is 17.6. The zero-order valence-corrected chi connectivity index (χ0v) is 18.8. The van der Waals surface area contributed by atoms with Crippen LogP contribution in [-0.2, 0) is 9.47 Å². The van der Waals surface area contributed by atoms with E-state index in [1.54, 1.807) is 36.4 Å². The average Bonchev–Trinajstić information content (AvgIpc) is 3.18. The third kappa shape index (κ3) is 3.69. The first kappa shape index (κ1) is 21.5. The molecule has 32 heavy (non-hydrogen) atoms. The summed E-state index contributed by atoms with van der Waals surface area (Å²) in [5.41, 5.74) is 1.77. The summed E-state index contributed by atoms with van der Waals surface area (Å²) in [7, 11) is 2.40. The lowest BCUT2D eigenvalue weighted by molar-refractivity contribution is 0.0556. The standard InChI is InChI=1S/C24H17BrN2O5/c1-31-23(29)19-18-12-17(14-8-10-16(25)11-9-14)26-13-27(18)21(20(19)24(30)32-2)22(28)15-6-4-3-5-7-15/h3-13H,1-2H3. The second-order valence-corrected chi connectivity index (χ2v) is 7.73. The summed E-state index contributed by atoms with van der Waals surface area (Å²) in [5.74, 6) is -2.03. The molecule has 2 heterocycles. The Morgan fingerprint density at radius 3 is 2.12 bits per heavy atom. The summed E-state index contributed by atoms with van der Waals surface area (Å²) in [4.78, 5) is 43.4. The topological polar surface area (TPSA) is 87.0 Å². The van der Waals surface area contributed by atoms with Crippen LogP contribution in [0.15, 0.2) is 71.5 Å². The van der Waals surface area contributed by atoms with E-state index in [2.05, 4.69) is 20.9 Å². The van der Waals surface area contributed by atoms with Gasteiger partial charge in [0.1, 0.15) is 23.1 Å². The first-order valence-corrected chi connectivity index (χ1v) is 10.3. The molecular formula is C24H17BrN2O5. The molecule has 7 nitrogen and oxygen atoms in total. The third-order valence-electron chi connectivity index (χ3n) is 5.00. The normalized spacial score (nSPS) is 10.7. The van der Waals surface area contributed by atoms with Crippen molar-refractivity contribution in [3.05, 3.63) is 93.8 Å². The Bertz CT molecular complexity index is 1340. The van der Waals surface area contributed by atoms with Gasteiger partial charge in [-0.3, -0.25) is 9.20 Å². The predicted molar refractivity (Wildman–Crippen MR) is 121 cm³/mol. The van der Waals surface area contributed by atoms with Crippen LogP contribution in [0, 0.1) is 0 Å². The van der Waals surface area contributed by atoms with Gasteiger partial charge in [-0.05, 0) is 18.2 Å². The molecule has 0 saturated carbocycles. The van der Waals surface area contributed by atoms with Gasteiger partial charge in [0.25, 0.3) is 0 Å². The van der Waals surface area contributed by atoms with E-state index >= 15 is 0 Å². The van der Waals surface area contributed by atoms with Crippen LogP contribution >= 0.6 is 15.9 Å². The van der Waals surface area contributed by atoms with E-state index in [4.69, 9.17) is 9.47 Å². The minimum atomic E-state index is -0.821. The van der Waals surface area contributed by atoms with Crippen molar-refractivity contribution >= 4 is 39.2 Å². The molecule has 4 aromatic rings. The van der Waals surface area contributed by atoms with E-state index < -0.39 is 17.7 Å². The van der Waals surface area contributed by atoms with Crippen molar-refractivity contribution in [2.45, 2.75) is 0 Å². The molecule has 8 heteroatoms. The van der Waals surface area contributed by atoms with E-state index in [9.17, 15) is 14.4 Å². The number of hydrogen-bond acceptors (Lipinski definition) is 6. The number of methoxy groups -OCH3 is 2. The van der Waals surface area contributed by atoms with Gasteiger partial charge in [-0.15, -0.1) is 0 Å². The number of nitrogens with zero attached hydrogens (tertiary/aromatic N) is 2. The lowest BCUT2D eigenvalue weighted by Crippen LogP contribution is -2.15. The second kappa shape index (κ2) is 8.76. The molecule has 160 valence electrons. The number of ether oxygens (including phenoxy) is 2. The van der Waals surface area contributed by atoms with Gasteiger partial charge in [-0.25, -0.2) is 14.6 Å². The minimum Gasteiger partial charge on any atom is -0.465 e. The van der Waals surface area contributed by atoms with Crippen LogP contribution in [0.2, 0.25) is 0 Å². The molecule has 0 aliphatic heterocycles. The number of halogens is 1. The Hall–Kier alpha value is -3.78. The monoisotopic (exact) mass is 492 g/mol. The highest BCUT2D eigenvalue weighted by Gasteiger charge is 2.33. The van der Waals surface area contributed by atoms with Crippen LogP contribution in [0.25, 0.3) is 16.8 Å². The highest BCUT2D eigenvalue weighted by atomic mass is 79.9. The first-order valence-electron chi connectivity index (χ1n) is 9.52. The fourth-order valence-corrected chi connectivity index (χ4v) is 3.76. The molecule has 0 spiro atoms. The van der Waals surface area contributed by atoms with Gasteiger partial charge < -0.3 is 9.47 Å². The van der Waals surface area contributed by atoms with Gasteiger partial charge >= 0.3 is 11.9 Å². The van der Waals surface area contributed by atoms with Crippen molar-refractivity contribution in [2.24, 2.45) is 0 Å². The molecule has 0 fully saturated rings. The fourth-order valence-electron chi connectivity index (χ4n) is 3.49. The van der Waals surface area contributed by atoms with E-state index in [-0.39, 0.29) is 16.8 Å². The van der Waals surface area contributed by atoms with Crippen LogP contribution in [0.1, 0.15) is 36.8 Å². The summed E-state index contributed by atoms with van der Waals surface area (Å²) in [6.45, 7) is 0. The van der Waals surface area contributed by atoms with Crippen molar-refractivity contribution < 1.29 is 23.9 Å². The lowest BCUT2D eigenvalue weighted by Gasteiger charge is -2.06. The molecule has 4 rings (SSSR count). The van der Waals surface area contributed by atoms with Gasteiger partial charge in [-0.2, -0.15) is 0 Å². The van der Waals surface area contributed by atoms with Crippen molar-refractivity contribution in [1.82, 2.24) is 9.38 Å². The molecule has 0 N–H and O–H groups in total. The maximum Gasteiger partial charge on any atom is 0.341 e. The number of benzene rings is 2. The number of esters is 2. The number of carbonyl (C=O) groups excluding carboxylic acids is 3. The zero-order chi connectivity index (χ0) is 22.8. The zero-order valence-electron chi connectivity index (χ0n) is 17.2. The maximum atomic E-state index is 13.4. The second-order valence-electron chi connectivity index (χ2n) is 6.81. The Labute approximate surface area is 191 Å². The Morgan fingerprint density at radius 1 is 0.875 bits per heavy atom. The number of aromatic nitrogens is 2. The summed E-state index contributed by atoms with van der Waals surface area (Å²) in [5, 5.41) is 0. The van der Waals surface area contributed by atoms with Crippen molar-refractivity contribution in [1.29, 1.82) is 0 Å². The molecule has 0 amide bonds. The molecule has 0 radical (unpaired) electrons. The smallest absolute Gasteiger partial charge is 0.341 e. The number of carbonyl (C=O) groups is 3. The van der Waals surface area contributed by atoms with Gasteiger partial charge in [0, 0.05) is 15.6 Å². The summed E-state index contributed by atoms with van der Waals surface area (Å²) in [6.07, 6.45) is 1.42. The van der Waals surface area contributed by atoms with Gasteiger partial charge in [-0.1, -0.05) is 58.4 Å². The maximum absolute atomic E-state index is 13.4. The molecule has 0 unspecified atom stereocenters. The van der Waals surface area contributed by atoms with E-state index in [0.717, 1.165) is 10.0 Å². The molecule has 0 aliphatic rings. The number of rotatable bonds is 5. The Kier molecular flexibility index (Phi) is 5.87. The van der Waals surface area contributed by atoms with Crippen molar-refractivity contribution in [3.8, 4) is 11.3 Å². The van der Waals surface area contributed by atoms with Crippen molar-refractivity contribution in [2.75, 3.05) is 14.2 Å². The lowest BCUT2D eigenvalue weighted by atomic mass is 10.0. The molecule has 0 bridgehead atoms. The minimum absolute atomic E-state index is 0.0201. The van der Waals surface area contributed by atoms with Crippen molar-refractivity contribution in [3.63, 3.8) is 0 Å². The molecule has 0 aliphatic carbocycles. The fraction of sp³-hybridized carbons (Fsp3) is 0.0833. The molecule has 0 saturated heterocycles. The Morgan fingerprint density at radius 2 is 1.50 bits per heavy atom. The van der Waals surface area contributed by atoms with E-state index in [1.165, 1.54) is 24.9 Å². The molecular weight excluding hydrogens is 476 g/mol. The van der Waals surface area contributed by atoms with Crippen LogP contribution in [0.5, 0.6) is 0 Å². The number of fused-ring (bicyclic) bond motifs is 1. The quantitative estimate of drug-likeness (QED) is 0.299. The molecule has 2 aromatic carbocycles. The predicted octanol–water partition coefficient (Wildman–Crippen LogP) is 4.57. The molecule has 0 atom stereocenters. The van der Waals surface area contributed by atoms with Crippen LogP contribution < -0.4 is 0 Å². The highest BCUT2D eigenvalue weighted by Crippen LogP contribution is 2.30. The Balaban J connectivity index is 2.05. The average molecular weight is 493 g/mol. The van der Waals surface area contributed by atoms with Gasteiger partial charge in [0.15, 0.2) is 0 Å². The summed E-state index contributed by atoms with van der Waals surface area (Å²) >= 11 is 3.40. The first-order chi connectivity index (χ1) is 15.5. The molecule has 2 aromatic heterocycles. The van der Waals surface area contributed by atoms with Gasteiger partial charge in [0.05, 0.1) is 25.4 Å².